The van der Waals surface area contributed by atoms with E-state index in [0.29, 0.717) is 35.6 Å². The van der Waals surface area contributed by atoms with E-state index >= 15 is 0 Å². The Morgan fingerprint density at radius 3 is 2.32 bits per heavy atom. The predicted molar refractivity (Wildman–Crippen MR) is 102 cm³/mol. The molecule has 5 nitrogen and oxygen atoms in total. The van der Waals surface area contributed by atoms with E-state index in [-0.39, 0.29) is 12.5 Å². The zero-order chi connectivity index (χ0) is 18.1. The molecule has 0 aliphatic carbocycles. The molecule has 0 unspecified atom stereocenters. The van der Waals surface area contributed by atoms with Crippen molar-refractivity contribution in [3.63, 3.8) is 0 Å². The molecule has 25 heavy (non-hydrogen) atoms. The Kier molecular flexibility index (Phi) is 7.85. The number of rotatable bonds is 9. The topological polar surface area (TPSA) is 59.6 Å². The fourth-order valence-corrected chi connectivity index (χ4v) is 2.57. The maximum Gasteiger partial charge on any atom is 0.243 e. The third-order valence-corrected chi connectivity index (χ3v) is 3.59. The summed E-state index contributed by atoms with van der Waals surface area (Å²) >= 11 is 11.8. The minimum Gasteiger partial charge on any atom is -0.491 e. The number of amides is 1. The summed E-state index contributed by atoms with van der Waals surface area (Å²) in [5.41, 5.74) is 1.37. The third-order valence-electron chi connectivity index (χ3n) is 3.15. The monoisotopic (exact) mass is 382 g/mol. The molecular formula is C18H20Cl2N2O3. The second kappa shape index (κ2) is 10.1. The number of carbonyl (C=O) groups excluding carboxylic acids is 1. The fourth-order valence-electron chi connectivity index (χ4n) is 2.05. The molecule has 2 aromatic rings. The van der Waals surface area contributed by atoms with E-state index < -0.39 is 0 Å². The van der Waals surface area contributed by atoms with Crippen molar-refractivity contribution in [2.45, 2.75) is 6.92 Å². The van der Waals surface area contributed by atoms with Crippen LogP contribution in [0.15, 0.2) is 42.5 Å². The highest BCUT2D eigenvalue weighted by atomic mass is 35.5. The number of anilines is 2. The summed E-state index contributed by atoms with van der Waals surface area (Å²) in [4.78, 5) is 12.0. The molecular weight excluding hydrogens is 363 g/mol. The van der Waals surface area contributed by atoms with Gasteiger partial charge in [-0.25, -0.2) is 0 Å². The SMILES string of the molecule is CCOCCOc1ccc(NCC(=O)Nc2cc(Cl)cc(Cl)c2)cc1. The van der Waals surface area contributed by atoms with Gasteiger partial charge < -0.3 is 20.1 Å². The molecule has 0 fully saturated rings. The highest BCUT2D eigenvalue weighted by Crippen LogP contribution is 2.22. The summed E-state index contributed by atoms with van der Waals surface area (Å²) in [6, 6.07) is 12.2. The molecule has 0 bridgehead atoms. The van der Waals surface area contributed by atoms with Crippen LogP contribution in [-0.2, 0) is 9.53 Å². The van der Waals surface area contributed by atoms with Gasteiger partial charge in [0.05, 0.1) is 13.2 Å². The van der Waals surface area contributed by atoms with Gasteiger partial charge in [-0.1, -0.05) is 23.2 Å². The zero-order valence-corrected chi connectivity index (χ0v) is 15.4. The molecule has 0 aromatic heterocycles. The lowest BCUT2D eigenvalue weighted by atomic mass is 10.3. The minimum atomic E-state index is -0.199. The Morgan fingerprint density at radius 1 is 1.00 bits per heavy atom. The quantitative estimate of drug-likeness (QED) is 0.628. The third kappa shape index (κ3) is 7.22. The normalized spacial score (nSPS) is 10.4. The van der Waals surface area contributed by atoms with Gasteiger partial charge in [0.25, 0.3) is 0 Å². The molecule has 7 heteroatoms. The number of hydrogen-bond acceptors (Lipinski definition) is 4. The Bertz CT molecular complexity index is 673. The van der Waals surface area contributed by atoms with Crippen LogP contribution >= 0.6 is 23.2 Å². The number of hydrogen-bond donors (Lipinski definition) is 2. The lowest BCUT2D eigenvalue weighted by Gasteiger charge is -2.10. The largest absolute Gasteiger partial charge is 0.491 e. The van der Waals surface area contributed by atoms with Crippen LogP contribution in [0.1, 0.15) is 6.92 Å². The van der Waals surface area contributed by atoms with Crippen molar-refractivity contribution in [2.75, 3.05) is 37.0 Å². The van der Waals surface area contributed by atoms with Crippen molar-refractivity contribution in [3.05, 3.63) is 52.5 Å². The van der Waals surface area contributed by atoms with E-state index in [0.717, 1.165) is 11.4 Å². The highest BCUT2D eigenvalue weighted by molar-refractivity contribution is 6.35. The summed E-state index contributed by atoms with van der Waals surface area (Å²) in [5.74, 6) is 0.554. The van der Waals surface area contributed by atoms with Crippen LogP contribution in [0.4, 0.5) is 11.4 Å². The summed E-state index contributed by atoms with van der Waals surface area (Å²) in [7, 11) is 0. The van der Waals surface area contributed by atoms with E-state index in [1.807, 2.05) is 31.2 Å². The van der Waals surface area contributed by atoms with Crippen LogP contribution < -0.4 is 15.4 Å². The molecule has 1 amide bonds. The molecule has 2 N–H and O–H groups in total. The molecule has 0 heterocycles. The first-order valence-electron chi connectivity index (χ1n) is 7.87. The van der Waals surface area contributed by atoms with Crippen LogP contribution in [-0.4, -0.2) is 32.3 Å². The van der Waals surface area contributed by atoms with Crippen molar-refractivity contribution in [3.8, 4) is 5.75 Å². The second-order valence-corrected chi connectivity index (χ2v) is 6.00. The molecule has 0 saturated carbocycles. The van der Waals surface area contributed by atoms with Crippen LogP contribution in [0.2, 0.25) is 10.0 Å². The van der Waals surface area contributed by atoms with E-state index in [1.54, 1.807) is 18.2 Å². The highest BCUT2D eigenvalue weighted by Gasteiger charge is 2.05. The Hall–Kier alpha value is -1.95. The Balaban J connectivity index is 1.77. The van der Waals surface area contributed by atoms with Gasteiger partial charge in [0.15, 0.2) is 0 Å². The molecule has 0 atom stereocenters. The number of halogens is 2. The number of benzene rings is 2. The van der Waals surface area contributed by atoms with E-state index in [4.69, 9.17) is 32.7 Å². The summed E-state index contributed by atoms with van der Waals surface area (Å²) in [6.07, 6.45) is 0. The first-order valence-corrected chi connectivity index (χ1v) is 8.63. The van der Waals surface area contributed by atoms with Gasteiger partial charge in [-0.3, -0.25) is 4.79 Å². The fraction of sp³-hybridized carbons (Fsp3) is 0.278. The van der Waals surface area contributed by atoms with E-state index in [2.05, 4.69) is 10.6 Å². The molecule has 0 saturated heterocycles. The van der Waals surface area contributed by atoms with Crippen molar-refractivity contribution in [2.24, 2.45) is 0 Å². The number of carbonyl (C=O) groups is 1. The van der Waals surface area contributed by atoms with Crippen molar-refractivity contribution in [1.82, 2.24) is 0 Å². The van der Waals surface area contributed by atoms with Gasteiger partial charge in [-0.05, 0) is 49.4 Å². The Labute approximate surface area is 157 Å². The van der Waals surface area contributed by atoms with Gasteiger partial charge in [0.1, 0.15) is 12.4 Å². The summed E-state index contributed by atoms with van der Waals surface area (Å²) < 4.78 is 10.7. The first-order chi connectivity index (χ1) is 12.1. The van der Waals surface area contributed by atoms with Gasteiger partial charge in [-0.15, -0.1) is 0 Å². The maximum absolute atomic E-state index is 12.0. The van der Waals surface area contributed by atoms with Crippen molar-refractivity contribution >= 4 is 40.5 Å². The minimum absolute atomic E-state index is 0.120. The van der Waals surface area contributed by atoms with Crippen LogP contribution in [0.3, 0.4) is 0 Å². The van der Waals surface area contributed by atoms with Gasteiger partial charge in [0.2, 0.25) is 5.91 Å². The maximum atomic E-state index is 12.0. The molecule has 134 valence electrons. The van der Waals surface area contributed by atoms with Gasteiger partial charge >= 0.3 is 0 Å². The second-order valence-electron chi connectivity index (χ2n) is 5.13. The zero-order valence-electron chi connectivity index (χ0n) is 13.9. The molecule has 2 rings (SSSR count). The average Bonchev–Trinajstić information content (AvgIpc) is 2.57. The molecule has 0 aliphatic rings. The molecule has 0 spiro atoms. The van der Waals surface area contributed by atoms with Crippen molar-refractivity contribution < 1.29 is 14.3 Å². The standard InChI is InChI=1S/C18H20Cl2N2O3/c1-2-24-7-8-25-17-5-3-15(4-6-17)21-12-18(23)22-16-10-13(19)9-14(20)11-16/h3-6,9-11,21H,2,7-8,12H2,1H3,(H,22,23). The van der Waals surface area contributed by atoms with Gasteiger partial charge in [0, 0.05) is 28.0 Å². The van der Waals surface area contributed by atoms with Crippen LogP contribution in [0, 0.1) is 0 Å². The first kappa shape index (κ1) is 19.4. The van der Waals surface area contributed by atoms with Gasteiger partial charge in [-0.2, -0.15) is 0 Å². The predicted octanol–water partition coefficient (Wildman–Crippen LogP) is 4.46. The average molecular weight is 383 g/mol. The smallest absolute Gasteiger partial charge is 0.243 e. The van der Waals surface area contributed by atoms with Crippen LogP contribution in [0.25, 0.3) is 0 Å². The molecule has 0 aliphatic heterocycles. The molecule has 2 aromatic carbocycles. The lowest BCUT2D eigenvalue weighted by Crippen LogP contribution is -2.21. The van der Waals surface area contributed by atoms with E-state index in [9.17, 15) is 4.79 Å². The summed E-state index contributed by atoms with van der Waals surface area (Å²) in [5, 5.41) is 6.71. The lowest BCUT2D eigenvalue weighted by molar-refractivity contribution is -0.114. The van der Waals surface area contributed by atoms with E-state index in [1.165, 1.54) is 0 Å². The van der Waals surface area contributed by atoms with Crippen molar-refractivity contribution in [1.29, 1.82) is 0 Å². The Morgan fingerprint density at radius 2 is 1.68 bits per heavy atom. The number of ether oxygens (including phenoxy) is 2. The summed E-state index contributed by atoms with van der Waals surface area (Å²) in [6.45, 7) is 3.80. The molecule has 0 radical (unpaired) electrons. The van der Waals surface area contributed by atoms with Crippen LogP contribution in [0.5, 0.6) is 5.75 Å². The number of nitrogens with one attached hydrogen (secondary N) is 2.